The van der Waals surface area contributed by atoms with E-state index in [1.807, 2.05) is 67.5 Å². The summed E-state index contributed by atoms with van der Waals surface area (Å²) in [5, 5.41) is 12.7. The first-order chi connectivity index (χ1) is 14.0. The highest BCUT2D eigenvalue weighted by Crippen LogP contribution is 2.24. The summed E-state index contributed by atoms with van der Waals surface area (Å²) in [6.07, 6.45) is 1.21. The van der Waals surface area contributed by atoms with Gasteiger partial charge in [0.05, 0.1) is 19.8 Å². The van der Waals surface area contributed by atoms with E-state index in [0.717, 1.165) is 22.6 Å². The molecule has 7 heteroatoms. The van der Waals surface area contributed by atoms with Gasteiger partial charge in [0.15, 0.2) is 0 Å². The average molecular weight is 399 g/mol. The number of aliphatic hydroxyl groups excluding tert-OH is 1. The summed E-state index contributed by atoms with van der Waals surface area (Å²) in [6, 6.07) is 15.3. The number of nitrogens with zero attached hydrogens (tertiary/aromatic N) is 1. The molecule has 1 saturated heterocycles. The molecule has 3 rings (SSSR count). The Hall–Kier alpha value is -2.61. The fraction of sp³-hybridized carbons (Fsp3) is 0.409. The zero-order valence-electron chi connectivity index (χ0n) is 17.2. The number of methoxy groups -OCH3 is 1. The normalized spacial score (nSPS) is 19.6. The Morgan fingerprint density at radius 3 is 2.45 bits per heavy atom. The number of carbonyl (C=O) groups is 1. The van der Waals surface area contributed by atoms with Gasteiger partial charge in [0.2, 0.25) is 5.91 Å². The smallest absolute Gasteiger partial charge is 0.238 e. The van der Waals surface area contributed by atoms with Crippen LogP contribution < -0.4 is 25.8 Å². The molecule has 2 aromatic carbocycles. The second kappa shape index (κ2) is 9.73. The highest BCUT2D eigenvalue weighted by atomic mass is 16.5. The van der Waals surface area contributed by atoms with Crippen molar-refractivity contribution >= 4 is 11.6 Å². The van der Waals surface area contributed by atoms with Crippen LogP contribution >= 0.6 is 0 Å². The molecule has 4 N–H and O–H groups in total. The first kappa shape index (κ1) is 21.1. The van der Waals surface area contributed by atoms with Gasteiger partial charge in [-0.25, -0.2) is 10.9 Å². The van der Waals surface area contributed by atoms with E-state index in [-0.39, 0.29) is 30.6 Å². The lowest BCUT2D eigenvalue weighted by Crippen LogP contribution is -2.48. The number of carbonyl (C=O) groups excluding carboxylic acids is 1. The van der Waals surface area contributed by atoms with E-state index in [2.05, 4.69) is 16.2 Å². The van der Waals surface area contributed by atoms with Crippen LogP contribution in [0.5, 0.6) is 5.75 Å². The number of amides is 1. The summed E-state index contributed by atoms with van der Waals surface area (Å²) in [6.45, 7) is -0.108. The molecule has 0 aromatic heterocycles. The van der Waals surface area contributed by atoms with Crippen molar-refractivity contribution in [1.29, 1.82) is 0 Å². The molecule has 0 spiro atoms. The Kier molecular flexibility index (Phi) is 7.09. The maximum atomic E-state index is 12.7. The second-order valence-corrected chi connectivity index (χ2v) is 7.56. The van der Waals surface area contributed by atoms with Gasteiger partial charge in [-0.05, 0) is 48.2 Å². The molecule has 3 unspecified atom stereocenters. The number of hydrogen-bond donors (Lipinski definition) is 4. The van der Waals surface area contributed by atoms with Gasteiger partial charge >= 0.3 is 0 Å². The van der Waals surface area contributed by atoms with Crippen LogP contribution in [0, 0.1) is 0 Å². The molecule has 0 saturated carbocycles. The fourth-order valence-corrected chi connectivity index (χ4v) is 3.46. The van der Waals surface area contributed by atoms with Crippen molar-refractivity contribution in [2.45, 2.75) is 31.0 Å². The SMILES string of the molecule is COc1ccc(C2CC(C(=O)NC(CO)Cc3ccc(N(C)C)cc3)NN2)cc1. The molecule has 1 aliphatic heterocycles. The lowest BCUT2D eigenvalue weighted by molar-refractivity contribution is -0.123. The number of ether oxygens (including phenoxy) is 1. The first-order valence-electron chi connectivity index (χ1n) is 9.82. The molecular weight excluding hydrogens is 368 g/mol. The van der Waals surface area contributed by atoms with Gasteiger partial charge < -0.3 is 20.1 Å². The Morgan fingerprint density at radius 2 is 1.86 bits per heavy atom. The summed E-state index contributed by atoms with van der Waals surface area (Å²) in [7, 11) is 5.63. The first-order valence-corrected chi connectivity index (χ1v) is 9.82. The Morgan fingerprint density at radius 1 is 1.17 bits per heavy atom. The number of benzene rings is 2. The minimum absolute atomic E-state index is 0.0443. The zero-order chi connectivity index (χ0) is 20.8. The summed E-state index contributed by atoms with van der Waals surface area (Å²) in [5.74, 6) is 0.691. The van der Waals surface area contributed by atoms with Crippen LogP contribution in [0.2, 0.25) is 0 Å². The molecule has 1 fully saturated rings. The number of nitrogens with one attached hydrogen (secondary N) is 3. The number of hydrogen-bond acceptors (Lipinski definition) is 6. The second-order valence-electron chi connectivity index (χ2n) is 7.56. The molecule has 1 amide bonds. The van der Waals surface area contributed by atoms with Crippen LogP contribution in [0.1, 0.15) is 23.6 Å². The van der Waals surface area contributed by atoms with Crippen molar-refractivity contribution < 1.29 is 14.6 Å². The van der Waals surface area contributed by atoms with Gasteiger partial charge in [0.1, 0.15) is 11.8 Å². The molecular formula is C22H30N4O3. The number of anilines is 1. The lowest BCUT2D eigenvalue weighted by Gasteiger charge is -2.19. The number of rotatable bonds is 8. The maximum absolute atomic E-state index is 12.7. The van der Waals surface area contributed by atoms with E-state index in [1.54, 1.807) is 7.11 Å². The molecule has 0 aliphatic carbocycles. The molecule has 2 aromatic rings. The van der Waals surface area contributed by atoms with Gasteiger partial charge in [0, 0.05) is 25.8 Å². The van der Waals surface area contributed by atoms with Gasteiger partial charge in [-0.2, -0.15) is 0 Å². The van der Waals surface area contributed by atoms with E-state index in [9.17, 15) is 9.90 Å². The van der Waals surface area contributed by atoms with E-state index in [1.165, 1.54) is 0 Å². The van der Waals surface area contributed by atoms with Crippen molar-refractivity contribution in [3.63, 3.8) is 0 Å². The highest BCUT2D eigenvalue weighted by Gasteiger charge is 2.31. The van der Waals surface area contributed by atoms with Gasteiger partial charge in [-0.15, -0.1) is 0 Å². The lowest BCUT2D eigenvalue weighted by atomic mass is 10.0. The molecule has 1 aliphatic rings. The summed E-state index contributed by atoms with van der Waals surface area (Å²) < 4.78 is 5.19. The molecule has 1 heterocycles. The molecule has 156 valence electrons. The minimum atomic E-state index is -0.354. The van der Waals surface area contributed by atoms with Crippen LogP contribution in [0.3, 0.4) is 0 Å². The standard InChI is InChI=1S/C22H30N4O3/c1-26(2)18-8-4-15(5-9-18)12-17(14-27)23-22(28)21-13-20(24-25-21)16-6-10-19(29-3)11-7-16/h4-11,17,20-21,24-25,27H,12-14H2,1-3H3,(H,23,28). The summed E-state index contributed by atoms with van der Waals surface area (Å²) >= 11 is 0. The third-order valence-corrected chi connectivity index (χ3v) is 5.24. The van der Waals surface area contributed by atoms with Crippen molar-refractivity contribution in [2.75, 3.05) is 32.7 Å². The molecule has 7 nitrogen and oxygen atoms in total. The molecule has 0 bridgehead atoms. The number of hydrazine groups is 1. The average Bonchev–Trinajstić information content (AvgIpc) is 3.24. The van der Waals surface area contributed by atoms with Gasteiger partial charge in [0.25, 0.3) is 0 Å². The Bertz CT molecular complexity index is 793. The predicted octanol–water partition coefficient (Wildman–Crippen LogP) is 1.39. The highest BCUT2D eigenvalue weighted by molar-refractivity contribution is 5.82. The summed E-state index contributed by atoms with van der Waals surface area (Å²) in [4.78, 5) is 14.7. The van der Waals surface area contributed by atoms with Crippen LogP contribution in [0.15, 0.2) is 48.5 Å². The van der Waals surface area contributed by atoms with Crippen molar-refractivity contribution in [2.24, 2.45) is 0 Å². The Balaban J connectivity index is 1.54. The minimum Gasteiger partial charge on any atom is -0.497 e. The molecule has 29 heavy (non-hydrogen) atoms. The predicted molar refractivity (Wildman–Crippen MR) is 114 cm³/mol. The molecule has 0 radical (unpaired) electrons. The van der Waals surface area contributed by atoms with Crippen LogP contribution in [0.25, 0.3) is 0 Å². The third-order valence-electron chi connectivity index (χ3n) is 5.24. The monoisotopic (exact) mass is 398 g/mol. The van der Waals surface area contributed by atoms with Crippen LogP contribution in [0.4, 0.5) is 5.69 Å². The van der Waals surface area contributed by atoms with E-state index in [0.29, 0.717) is 12.8 Å². The topological polar surface area (TPSA) is 85.9 Å². The van der Waals surface area contributed by atoms with Gasteiger partial charge in [-0.3, -0.25) is 4.79 Å². The summed E-state index contributed by atoms with van der Waals surface area (Å²) in [5.41, 5.74) is 9.53. The van der Waals surface area contributed by atoms with Crippen molar-refractivity contribution in [3.8, 4) is 5.75 Å². The van der Waals surface area contributed by atoms with Gasteiger partial charge in [-0.1, -0.05) is 24.3 Å². The third kappa shape index (κ3) is 5.47. The molecule has 3 atom stereocenters. The quantitative estimate of drug-likeness (QED) is 0.538. The van der Waals surface area contributed by atoms with Crippen LogP contribution in [-0.4, -0.2) is 50.9 Å². The zero-order valence-corrected chi connectivity index (χ0v) is 17.2. The van der Waals surface area contributed by atoms with Crippen LogP contribution in [-0.2, 0) is 11.2 Å². The van der Waals surface area contributed by atoms with E-state index >= 15 is 0 Å². The van der Waals surface area contributed by atoms with Crippen molar-refractivity contribution in [1.82, 2.24) is 16.2 Å². The largest absolute Gasteiger partial charge is 0.497 e. The fourth-order valence-electron chi connectivity index (χ4n) is 3.46. The van der Waals surface area contributed by atoms with E-state index < -0.39 is 0 Å². The Labute approximate surface area is 172 Å². The van der Waals surface area contributed by atoms with Crippen molar-refractivity contribution in [3.05, 3.63) is 59.7 Å². The number of aliphatic hydroxyl groups is 1. The maximum Gasteiger partial charge on any atom is 0.238 e. The van der Waals surface area contributed by atoms with E-state index in [4.69, 9.17) is 4.74 Å².